The molecule has 1 N–H and O–H groups in total. The average Bonchev–Trinajstić information content (AvgIpc) is 2.75. The molecular weight excluding hydrogens is 425 g/mol. The number of hydrogen-bond donors (Lipinski definition) is 1. The number of amides is 1. The Morgan fingerprint density at radius 3 is 2.57 bits per heavy atom. The lowest BCUT2D eigenvalue weighted by molar-refractivity contribution is -0.118. The van der Waals surface area contributed by atoms with Crippen LogP contribution in [-0.4, -0.2) is 12.5 Å². The molecule has 0 bridgehead atoms. The molecule has 7 heteroatoms. The van der Waals surface area contributed by atoms with E-state index in [1.54, 1.807) is 36.4 Å². The van der Waals surface area contributed by atoms with Gasteiger partial charge >= 0.3 is 5.63 Å². The number of halogens is 2. The zero-order valence-corrected chi connectivity index (χ0v) is 17.0. The molecule has 0 spiro atoms. The summed E-state index contributed by atoms with van der Waals surface area (Å²) in [5, 5.41) is 4.01. The number of carbonyl (C=O) groups is 1. The third kappa shape index (κ3) is 4.32. The zero-order valence-electron chi connectivity index (χ0n) is 15.5. The van der Waals surface area contributed by atoms with Crippen molar-refractivity contribution in [1.82, 2.24) is 0 Å². The summed E-state index contributed by atoms with van der Waals surface area (Å²) in [7, 11) is 0. The summed E-state index contributed by atoms with van der Waals surface area (Å²) >= 11 is 12.0. The maximum Gasteiger partial charge on any atom is 0.336 e. The minimum absolute atomic E-state index is 0.253. The van der Waals surface area contributed by atoms with Gasteiger partial charge in [-0.1, -0.05) is 59.6 Å². The first kappa shape index (κ1) is 20.0. The van der Waals surface area contributed by atoms with Gasteiger partial charge in [0.05, 0.1) is 15.7 Å². The van der Waals surface area contributed by atoms with Gasteiger partial charge in [0, 0.05) is 17.5 Å². The van der Waals surface area contributed by atoms with Crippen LogP contribution in [0, 0.1) is 0 Å². The number of nitrogens with one attached hydrogen (secondary N) is 1. The fourth-order valence-corrected chi connectivity index (χ4v) is 3.37. The standard InChI is InChI=1S/C23H15Cl2NO4/c24-18-7-4-8-19(23(18)25)26-21(27)13-29-15-9-10-16-17(14-5-2-1-3-6-14)12-22(28)30-20(16)11-15/h1-12H,13H2,(H,26,27). The molecule has 30 heavy (non-hydrogen) atoms. The fourth-order valence-electron chi connectivity index (χ4n) is 3.02. The molecule has 1 aromatic heterocycles. The molecule has 0 aliphatic heterocycles. The van der Waals surface area contributed by atoms with Gasteiger partial charge in [0.1, 0.15) is 11.3 Å². The maximum atomic E-state index is 12.2. The van der Waals surface area contributed by atoms with Gasteiger partial charge in [-0.05, 0) is 35.4 Å². The van der Waals surface area contributed by atoms with Crippen molar-refractivity contribution in [2.45, 2.75) is 0 Å². The topological polar surface area (TPSA) is 68.5 Å². The van der Waals surface area contributed by atoms with E-state index in [1.807, 2.05) is 30.3 Å². The van der Waals surface area contributed by atoms with Crippen molar-refractivity contribution in [2.24, 2.45) is 0 Å². The first-order valence-corrected chi connectivity index (χ1v) is 9.77. The average molecular weight is 440 g/mol. The van der Waals surface area contributed by atoms with E-state index < -0.39 is 11.5 Å². The monoisotopic (exact) mass is 439 g/mol. The van der Waals surface area contributed by atoms with Gasteiger partial charge in [-0.3, -0.25) is 4.79 Å². The molecule has 3 aromatic carbocycles. The summed E-state index contributed by atoms with van der Waals surface area (Å²) in [5.74, 6) is -0.0121. The lowest BCUT2D eigenvalue weighted by atomic mass is 10.0. The highest BCUT2D eigenvalue weighted by molar-refractivity contribution is 6.44. The Morgan fingerprint density at radius 1 is 0.967 bits per heavy atom. The van der Waals surface area contributed by atoms with Crippen LogP contribution in [0.5, 0.6) is 5.75 Å². The lowest BCUT2D eigenvalue weighted by Crippen LogP contribution is -2.20. The molecule has 0 aliphatic carbocycles. The summed E-state index contributed by atoms with van der Waals surface area (Å²) in [6, 6.07) is 21.1. The Morgan fingerprint density at radius 2 is 1.77 bits per heavy atom. The number of hydrogen-bond acceptors (Lipinski definition) is 4. The SMILES string of the molecule is O=C(COc1ccc2c(-c3ccccc3)cc(=O)oc2c1)Nc1cccc(Cl)c1Cl. The van der Waals surface area contributed by atoms with Gasteiger partial charge in [-0.2, -0.15) is 0 Å². The van der Waals surface area contributed by atoms with Gasteiger partial charge in [0.25, 0.3) is 5.91 Å². The van der Waals surface area contributed by atoms with Gasteiger partial charge in [0.15, 0.2) is 6.61 Å². The first-order chi connectivity index (χ1) is 14.5. The molecule has 0 atom stereocenters. The minimum Gasteiger partial charge on any atom is -0.484 e. The molecule has 0 saturated carbocycles. The van der Waals surface area contributed by atoms with Gasteiger partial charge < -0.3 is 14.5 Å². The molecular formula is C23H15Cl2NO4. The number of ether oxygens (including phenoxy) is 1. The van der Waals surface area contributed by atoms with Crippen molar-refractivity contribution in [3.05, 3.63) is 93.3 Å². The number of anilines is 1. The predicted molar refractivity (Wildman–Crippen MR) is 119 cm³/mol. The van der Waals surface area contributed by atoms with Crippen molar-refractivity contribution in [1.29, 1.82) is 0 Å². The summed E-state index contributed by atoms with van der Waals surface area (Å²) in [5.41, 5.74) is 1.97. The fraction of sp³-hybridized carbons (Fsp3) is 0.0435. The van der Waals surface area contributed by atoms with E-state index >= 15 is 0 Å². The van der Waals surface area contributed by atoms with Crippen LogP contribution in [0.3, 0.4) is 0 Å². The highest BCUT2D eigenvalue weighted by Gasteiger charge is 2.11. The van der Waals surface area contributed by atoms with Crippen molar-refractivity contribution < 1.29 is 13.9 Å². The van der Waals surface area contributed by atoms with Crippen LogP contribution in [0.15, 0.2) is 82.0 Å². The normalized spacial score (nSPS) is 10.7. The van der Waals surface area contributed by atoms with Gasteiger partial charge in [-0.25, -0.2) is 4.79 Å². The molecule has 1 amide bonds. The van der Waals surface area contributed by atoms with Crippen LogP contribution < -0.4 is 15.7 Å². The lowest BCUT2D eigenvalue weighted by Gasteiger charge is -2.10. The van der Waals surface area contributed by atoms with Crippen LogP contribution in [0.25, 0.3) is 22.1 Å². The third-order valence-electron chi connectivity index (χ3n) is 4.40. The second-order valence-corrected chi connectivity index (χ2v) is 7.23. The van der Waals surface area contributed by atoms with Crippen molar-refractivity contribution in [3.8, 4) is 16.9 Å². The molecule has 4 rings (SSSR count). The molecule has 1 heterocycles. The Labute approximate surface area is 181 Å². The third-order valence-corrected chi connectivity index (χ3v) is 5.22. The van der Waals surface area contributed by atoms with Crippen molar-refractivity contribution in [2.75, 3.05) is 11.9 Å². The van der Waals surface area contributed by atoms with E-state index in [4.69, 9.17) is 32.4 Å². The number of fused-ring (bicyclic) bond motifs is 1. The second-order valence-electron chi connectivity index (χ2n) is 6.44. The van der Waals surface area contributed by atoms with E-state index in [0.29, 0.717) is 22.0 Å². The molecule has 4 aromatic rings. The van der Waals surface area contributed by atoms with Crippen molar-refractivity contribution in [3.63, 3.8) is 0 Å². The van der Waals surface area contributed by atoms with E-state index in [-0.39, 0.29) is 11.6 Å². The number of rotatable bonds is 5. The van der Waals surface area contributed by atoms with Gasteiger partial charge in [-0.15, -0.1) is 0 Å². The van der Waals surface area contributed by atoms with Crippen molar-refractivity contribution >= 4 is 45.8 Å². The maximum absolute atomic E-state index is 12.2. The summed E-state index contributed by atoms with van der Waals surface area (Å²) in [6.07, 6.45) is 0. The van der Waals surface area contributed by atoms with E-state index in [1.165, 1.54) is 6.07 Å². The Hall–Kier alpha value is -3.28. The number of carbonyl (C=O) groups excluding carboxylic acids is 1. The van der Waals surface area contributed by atoms with Crippen LogP contribution in [0.2, 0.25) is 10.0 Å². The molecule has 0 fully saturated rings. The molecule has 0 unspecified atom stereocenters. The Bertz CT molecular complexity index is 1290. The summed E-state index contributed by atoms with van der Waals surface area (Å²) < 4.78 is 10.9. The Kier molecular flexibility index (Phi) is 5.74. The summed E-state index contributed by atoms with van der Waals surface area (Å²) in [6.45, 7) is -0.253. The Balaban J connectivity index is 1.53. The molecule has 0 radical (unpaired) electrons. The zero-order chi connectivity index (χ0) is 21.1. The smallest absolute Gasteiger partial charge is 0.336 e. The van der Waals surface area contributed by atoms with Crippen LogP contribution >= 0.6 is 23.2 Å². The second kappa shape index (κ2) is 8.61. The highest BCUT2D eigenvalue weighted by Crippen LogP contribution is 2.30. The van der Waals surface area contributed by atoms with Gasteiger partial charge in [0.2, 0.25) is 0 Å². The predicted octanol–water partition coefficient (Wildman–Crippen LogP) is 5.78. The van der Waals surface area contributed by atoms with E-state index in [0.717, 1.165) is 16.5 Å². The highest BCUT2D eigenvalue weighted by atomic mass is 35.5. The largest absolute Gasteiger partial charge is 0.484 e. The van der Waals surface area contributed by atoms with E-state index in [2.05, 4.69) is 5.32 Å². The molecule has 0 aliphatic rings. The molecule has 150 valence electrons. The van der Waals surface area contributed by atoms with E-state index in [9.17, 15) is 9.59 Å². The summed E-state index contributed by atoms with van der Waals surface area (Å²) in [4.78, 5) is 24.2. The molecule has 0 saturated heterocycles. The van der Waals surface area contributed by atoms with Crippen LogP contribution in [0.1, 0.15) is 0 Å². The number of benzene rings is 3. The quantitative estimate of drug-likeness (QED) is 0.399. The molecule has 5 nitrogen and oxygen atoms in total. The van der Waals surface area contributed by atoms with Crippen LogP contribution in [-0.2, 0) is 4.79 Å². The first-order valence-electron chi connectivity index (χ1n) is 9.01. The minimum atomic E-state index is -0.466. The van der Waals surface area contributed by atoms with Crippen LogP contribution in [0.4, 0.5) is 5.69 Å².